The molecule has 1 aliphatic heterocycles. The monoisotopic (exact) mass is 337 g/mol. The van der Waals surface area contributed by atoms with E-state index in [0.29, 0.717) is 11.4 Å². The predicted octanol–water partition coefficient (Wildman–Crippen LogP) is 4.39. The van der Waals surface area contributed by atoms with Gasteiger partial charge in [-0.2, -0.15) is 5.10 Å². The lowest BCUT2D eigenvalue weighted by Crippen LogP contribution is -2.26. The molecule has 0 radical (unpaired) electrons. The number of benzene rings is 2. The number of para-hydroxylation sites is 1. The maximum Gasteiger partial charge on any atom is 0.227 e. The van der Waals surface area contributed by atoms with Gasteiger partial charge in [-0.1, -0.05) is 41.9 Å². The van der Waals surface area contributed by atoms with Crippen LogP contribution in [0.3, 0.4) is 0 Å². The van der Waals surface area contributed by atoms with Crippen LogP contribution < -0.4 is 4.90 Å². The number of rotatable bonds is 3. The maximum atomic E-state index is 12.4. The Morgan fingerprint density at radius 3 is 2.50 bits per heavy atom. The number of aromatic nitrogens is 2. The highest BCUT2D eigenvalue weighted by Gasteiger charge is 2.34. The molecule has 0 N–H and O–H groups in total. The molecule has 4 rings (SSSR count). The Hall–Kier alpha value is -2.59. The van der Waals surface area contributed by atoms with E-state index in [4.69, 9.17) is 11.6 Å². The molecule has 3 aromatic rings. The van der Waals surface area contributed by atoms with Crippen LogP contribution in [-0.4, -0.2) is 15.7 Å². The third-order valence-corrected chi connectivity index (χ3v) is 4.59. The van der Waals surface area contributed by atoms with Crippen molar-refractivity contribution in [1.29, 1.82) is 0 Å². The number of nitrogens with zero attached hydrogens (tertiary/aromatic N) is 3. The van der Waals surface area contributed by atoms with Gasteiger partial charge in [-0.3, -0.25) is 4.79 Å². The molecule has 4 nitrogen and oxygen atoms in total. The smallest absolute Gasteiger partial charge is 0.227 e. The van der Waals surface area contributed by atoms with Crippen LogP contribution in [0, 0.1) is 0 Å². The van der Waals surface area contributed by atoms with Gasteiger partial charge in [0.2, 0.25) is 5.91 Å². The van der Waals surface area contributed by atoms with Crippen LogP contribution >= 0.6 is 11.6 Å². The Morgan fingerprint density at radius 1 is 1.00 bits per heavy atom. The summed E-state index contributed by atoms with van der Waals surface area (Å²) in [6, 6.07) is 17.6. The van der Waals surface area contributed by atoms with E-state index in [-0.39, 0.29) is 11.9 Å². The maximum absolute atomic E-state index is 12.4. The molecule has 0 aliphatic carbocycles. The van der Waals surface area contributed by atoms with Crippen molar-refractivity contribution >= 4 is 23.2 Å². The lowest BCUT2D eigenvalue weighted by Gasteiger charge is -2.23. The summed E-state index contributed by atoms with van der Waals surface area (Å²) in [5.41, 5.74) is 2.89. The second-order valence-electron chi connectivity index (χ2n) is 5.85. The van der Waals surface area contributed by atoms with Crippen LogP contribution in [-0.2, 0) is 4.79 Å². The van der Waals surface area contributed by atoms with Crippen LogP contribution in [0.15, 0.2) is 67.0 Å². The van der Waals surface area contributed by atoms with Crippen molar-refractivity contribution in [1.82, 2.24) is 9.78 Å². The second kappa shape index (κ2) is 6.13. The minimum Gasteiger partial charge on any atom is -0.302 e. The van der Waals surface area contributed by atoms with E-state index in [0.717, 1.165) is 23.4 Å². The molecule has 24 heavy (non-hydrogen) atoms. The van der Waals surface area contributed by atoms with E-state index < -0.39 is 0 Å². The van der Waals surface area contributed by atoms with E-state index in [1.54, 1.807) is 10.9 Å². The SMILES string of the molecule is O=C1CCC(c2ccc(Cl)cc2)N1c1cnn(-c2ccccc2)c1. The van der Waals surface area contributed by atoms with Gasteiger partial charge in [-0.05, 0) is 36.2 Å². The van der Waals surface area contributed by atoms with E-state index in [1.807, 2.05) is 65.7 Å². The first-order valence-electron chi connectivity index (χ1n) is 7.90. The Labute approximate surface area is 145 Å². The van der Waals surface area contributed by atoms with Crippen molar-refractivity contribution in [3.8, 4) is 5.69 Å². The van der Waals surface area contributed by atoms with Gasteiger partial charge in [0, 0.05) is 11.4 Å². The summed E-state index contributed by atoms with van der Waals surface area (Å²) >= 11 is 5.98. The fourth-order valence-corrected chi connectivity index (χ4v) is 3.29. The molecule has 0 bridgehead atoms. The van der Waals surface area contributed by atoms with Crippen molar-refractivity contribution in [2.24, 2.45) is 0 Å². The van der Waals surface area contributed by atoms with Crippen LogP contribution in [0.4, 0.5) is 5.69 Å². The molecule has 1 fully saturated rings. The standard InChI is InChI=1S/C19H16ClN3O/c20-15-8-6-14(7-9-15)18-10-11-19(24)23(18)17-12-21-22(13-17)16-4-2-1-3-5-16/h1-9,12-13,18H,10-11H2. The molecule has 120 valence electrons. The van der Waals surface area contributed by atoms with Crippen molar-refractivity contribution < 1.29 is 4.79 Å². The third-order valence-electron chi connectivity index (χ3n) is 4.33. The minimum absolute atomic E-state index is 0.0307. The molecule has 2 heterocycles. The lowest BCUT2D eigenvalue weighted by molar-refractivity contribution is -0.117. The third kappa shape index (κ3) is 2.69. The second-order valence-corrected chi connectivity index (χ2v) is 6.28. The number of carbonyl (C=O) groups excluding carboxylic acids is 1. The molecular weight excluding hydrogens is 322 g/mol. The Kier molecular flexibility index (Phi) is 3.82. The van der Waals surface area contributed by atoms with Gasteiger partial charge in [0.15, 0.2) is 0 Å². The van der Waals surface area contributed by atoms with Crippen LogP contribution in [0.25, 0.3) is 5.69 Å². The summed E-state index contributed by atoms with van der Waals surface area (Å²) in [6.45, 7) is 0. The van der Waals surface area contributed by atoms with Gasteiger partial charge in [0.25, 0.3) is 0 Å². The molecular formula is C19H16ClN3O. The van der Waals surface area contributed by atoms with E-state index in [2.05, 4.69) is 5.10 Å². The number of halogens is 1. The van der Waals surface area contributed by atoms with Crippen LogP contribution in [0.5, 0.6) is 0 Å². The zero-order valence-corrected chi connectivity index (χ0v) is 13.7. The molecule has 0 saturated carbocycles. The van der Waals surface area contributed by atoms with Gasteiger partial charge in [-0.25, -0.2) is 4.68 Å². The van der Waals surface area contributed by atoms with Crippen LogP contribution in [0.2, 0.25) is 5.02 Å². The fourth-order valence-electron chi connectivity index (χ4n) is 3.17. The molecule has 1 saturated heterocycles. The van der Waals surface area contributed by atoms with Crippen molar-refractivity contribution in [2.75, 3.05) is 4.90 Å². The molecule has 5 heteroatoms. The predicted molar refractivity (Wildman–Crippen MR) is 94.5 cm³/mol. The van der Waals surface area contributed by atoms with Crippen molar-refractivity contribution in [2.45, 2.75) is 18.9 Å². The minimum atomic E-state index is 0.0307. The first-order chi connectivity index (χ1) is 11.7. The molecule has 1 atom stereocenters. The highest BCUT2D eigenvalue weighted by atomic mass is 35.5. The summed E-state index contributed by atoms with van der Waals surface area (Å²) < 4.78 is 1.79. The summed E-state index contributed by atoms with van der Waals surface area (Å²) in [5, 5.41) is 5.11. The fraction of sp³-hybridized carbons (Fsp3) is 0.158. The van der Waals surface area contributed by atoms with E-state index in [9.17, 15) is 4.79 Å². The van der Waals surface area contributed by atoms with Gasteiger partial charge in [0.05, 0.1) is 29.8 Å². The highest BCUT2D eigenvalue weighted by Crippen LogP contribution is 2.37. The summed E-state index contributed by atoms with van der Waals surface area (Å²) in [7, 11) is 0. The molecule has 1 aromatic heterocycles. The number of hydrogen-bond donors (Lipinski definition) is 0. The Bertz CT molecular complexity index is 858. The molecule has 1 amide bonds. The van der Waals surface area contributed by atoms with Gasteiger partial charge in [0.1, 0.15) is 0 Å². The van der Waals surface area contributed by atoms with Crippen molar-refractivity contribution in [3.63, 3.8) is 0 Å². The van der Waals surface area contributed by atoms with Gasteiger partial charge in [-0.15, -0.1) is 0 Å². The first kappa shape index (κ1) is 15.0. The summed E-state index contributed by atoms with van der Waals surface area (Å²) in [4.78, 5) is 14.3. The zero-order valence-electron chi connectivity index (χ0n) is 13.0. The van der Waals surface area contributed by atoms with Gasteiger partial charge >= 0.3 is 0 Å². The Morgan fingerprint density at radius 2 is 1.75 bits per heavy atom. The van der Waals surface area contributed by atoms with E-state index in [1.165, 1.54) is 0 Å². The number of amides is 1. The molecule has 1 aliphatic rings. The topological polar surface area (TPSA) is 38.1 Å². The average molecular weight is 338 g/mol. The summed E-state index contributed by atoms with van der Waals surface area (Å²) in [6.07, 6.45) is 5.00. The molecule has 1 unspecified atom stereocenters. The zero-order chi connectivity index (χ0) is 16.5. The average Bonchev–Trinajstić information content (AvgIpc) is 3.23. The summed E-state index contributed by atoms with van der Waals surface area (Å²) in [5.74, 6) is 0.127. The molecule has 0 spiro atoms. The Balaban J connectivity index is 1.67. The van der Waals surface area contributed by atoms with Crippen LogP contribution in [0.1, 0.15) is 24.4 Å². The first-order valence-corrected chi connectivity index (χ1v) is 8.28. The normalized spacial score (nSPS) is 17.5. The van der Waals surface area contributed by atoms with Crippen molar-refractivity contribution in [3.05, 3.63) is 77.6 Å². The molecule has 2 aromatic carbocycles. The van der Waals surface area contributed by atoms with E-state index >= 15 is 0 Å². The highest BCUT2D eigenvalue weighted by molar-refractivity contribution is 6.30. The lowest BCUT2D eigenvalue weighted by atomic mass is 10.0. The number of anilines is 1. The van der Waals surface area contributed by atoms with Gasteiger partial charge < -0.3 is 4.90 Å². The number of hydrogen-bond acceptors (Lipinski definition) is 2. The number of carbonyl (C=O) groups is 1. The largest absolute Gasteiger partial charge is 0.302 e. The quantitative estimate of drug-likeness (QED) is 0.710.